The molecule has 0 heterocycles. The van der Waals surface area contributed by atoms with E-state index in [9.17, 15) is 4.79 Å². The second kappa shape index (κ2) is 7.97. The van der Waals surface area contributed by atoms with E-state index in [4.69, 9.17) is 9.47 Å². The quantitative estimate of drug-likeness (QED) is 0.721. The third-order valence-corrected chi connectivity index (χ3v) is 2.29. The molecule has 17 heavy (non-hydrogen) atoms. The smallest absolute Gasteiger partial charge is 0.246 e. The highest BCUT2D eigenvalue weighted by Crippen LogP contribution is 2.12. The van der Waals surface area contributed by atoms with E-state index >= 15 is 0 Å². The maximum absolute atomic E-state index is 11.2. The first-order valence-electron chi connectivity index (χ1n) is 5.34. The molecule has 5 heteroatoms. The van der Waals surface area contributed by atoms with Gasteiger partial charge in [-0.05, 0) is 17.7 Å². The first-order chi connectivity index (χ1) is 8.26. The number of rotatable bonds is 7. The van der Waals surface area contributed by atoms with E-state index in [2.05, 4.69) is 17.9 Å². The fraction of sp³-hybridized carbons (Fsp3) is 0.417. The second-order valence-electron chi connectivity index (χ2n) is 3.42. The summed E-state index contributed by atoms with van der Waals surface area (Å²) in [7, 11) is 1.62. The molecule has 0 saturated heterocycles. The molecule has 1 amide bonds. The zero-order valence-electron chi connectivity index (χ0n) is 9.81. The highest BCUT2D eigenvalue weighted by atomic mass is 32.1. The van der Waals surface area contributed by atoms with E-state index < -0.39 is 0 Å². The molecule has 0 saturated carbocycles. The molecule has 0 unspecified atom stereocenters. The SMILES string of the molecule is COc1cccc(COCC(=O)NCCS)c1. The minimum Gasteiger partial charge on any atom is -0.497 e. The Bertz CT molecular complexity index is 357. The highest BCUT2D eigenvalue weighted by molar-refractivity contribution is 7.80. The number of amides is 1. The van der Waals surface area contributed by atoms with Gasteiger partial charge in [0.05, 0.1) is 13.7 Å². The summed E-state index contributed by atoms with van der Waals surface area (Å²) in [6.07, 6.45) is 0. The minimum absolute atomic E-state index is 0.0605. The Labute approximate surface area is 107 Å². The molecule has 0 radical (unpaired) electrons. The van der Waals surface area contributed by atoms with E-state index in [1.165, 1.54) is 0 Å². The van der Waals surface area contributed by atoms with Crippen LogP contribution in [0.3, 0.4) is 0 Å². The molecule has 4 nitrogen and oxygen atoms in total. The Balaban J connectivity index is 2.28. The van der Waals surface area contributed by atoms with Gasteiger partial charge in [0, 0.05) is 12.3 Å². The van der Waals surface area contributed by atoms with Crippen molar-refractivity contribution in [1.82, 2.24) is 5.32 Å². The number of benzene rings is 1. The molecule has 0 bridgehead atoms. The van der Waals surface area contributed by atoms with Crippen molar-refractivity contribution in [1.29, 1.82) is 0 Å². The number of hydrogen-bond acceptors (Lipinski definition) is 4. The van der Waals surface area contributed by atoms with Gasteiger partial charge in [0.15, 0.2) is 0 Å². The predicted molar refractivity (Wildman–Crippen MR) is 69.5 cm³/mol. The molecule has 94 valence electrons. The lowest BCUT2D eigenvalue weighted by atomic mass is 10.2. The summed E-state index contributed by atoms with van der Waals surface area (Å²) in [5, 5.41) is 2.68. The predicted octanol–water partition coefficient (Wildman–Crippen LogP) is 1.26. The molecule has 0 fully saturated rings. The maximum atomic E-state index is 11.2. The highest BCUT2D eigenvalue weighted by Gasteiger charge is 2.01. The summed E-state index contributed by atoms with van der Waals surface area (Å²) < 4.78 is 10.4. The van der Waals surface area contributed by atoms with Crippen LogP contribution >= 0.6 is 12.6 Å². The summed E-state index contributed by atoms with van der Waals surface area (Å²) in [5.74, 6) is 1.29. The van der Waals surface area contributed by atoms with Crippen molar-refractivity contribution in [3.8, 4) is 5.75 Å². The lowest BCUT2D eigenvalue weighted by Gasteiger charge is -2.06. The van der Waals surface area contributed by atoms with E-state index in [-0.39, 0.29) is 12.5 Å². The average Bonchev–Trinajstić information content (AvgIpc) is 2.36. The Hall–Kier alpha value is -1.20. The van der Waals surface area contributed by atoms with Crippen molar-refractivity contribution in [2.45, 2.75) is 6.61 Å². The summed E-state index contributed by atoms with van der Waals surface area (Å²) in [5.41, 5.74) is 0.978. The number of methoxy groups -OCH3 is 1. The van der Waals surface area contributed by atoms with Crippen LogP contribution in [0.15, 0.2) is 24.3 Å². The molecule has 0 spiro atoms. The topological polar surface area (TPSA) is 47.6 Å². The van der Waals surface area contributed by atoms with Gasteiger partial charge >= 0.3 is 0 Å². The van der Waals surface area contributed by atoms with Crippen LogP contribution in [0.25, 0.3) is 0 Å². The Morgan fingerprint density at radius 3 is 3.00 bits per heavy atom. The number of hydrogen-bond donors (Lipinski definition) is 2. The molecule has 0 atom stereocenters. The fourth-order valence-electron chi connectivity index (χ4n) is 1.27. The van der Waals surface area contributed by atoms with Gasteiger partial charge in [-0.25, -0.2) is 0 Å². The molecule has 1 rings (SSSR count). The van der Waals surface area contributed by atoms with Gasteiger partial charge in [-0.2, -0.15) is 12.6 Å². The number of thiol groups is 1. The van der Waals surface area contributed by atoms with Crippen LogP contribution in [0, 0.1) is 0 Å². The summed E-state index contributed by atoms with van der Waals surface area (Å²) >= 11 is 4.00. The van der Waals surface area contributed by atoms with Gasteiger partial charge in [0.2, 0.25) is 5.91 Å². The van der Waals surface area contributed by atoms with Crippen molar-refractivity contribution >= 4 is 18.5 Å². The standard InChI is InChI=1S/C12H17NO3S/c1-15-11-4-2-3-10(7-11)8-16-9-12(14)13-5-6-17/h2-4,7,17H,5-6,8-9H2,1H3,(H,13,14). The van der Waals surface area contributed by atoms with Gasteiger partial charge in [-0.15, -0.1) is 0 Å². The van der Waals surface area contributed by atoms with E-state index in [1.54, 1.807) is 7.11 Å². The van der Waals surface area contributed by atoms with Crippen LogP contribution in [0.1, 0.15) is 5.56 Å². The molecule has 0 aromatic heterocycles. The van der Waals surface area contributed by atoms with Crippen molar-refractivity contribution in [2.24, 2.45) is 0 Å². The first-order valence-corrected chi connectivity index (χ1v) is 5.97. The van der Waals surface area contributed by atoms with Crippen molar-refractivity contribution < 1.29 is 14.3 Å². The minimum atomic E-state index is -0.123. The second-order valence-corrected chi connectivity index (χ2v) is 3.87. The number of carbonyl (C=O) groups is 1. The summed E-state index contributed by atoms with van der Waals surface area (Å²) in [6.45, 7) is 1.01. The van der Waals surface area contributed by atoms with E-state index in [1.807, 2.05) is 24.3 Å². The number of nitrogens with one attached hydrogen (secondary N) is 1. The monoisotopic (exact) mass is 255 g/mol. The van der Waals surface area contributed by atoms with Crippen LogP contribution in [0.2, 0.25) is 0 Å². The van der Waals surface area contributed by atoms with Crippen LogP contribution in [0.4, 0.5) is 0 Å². The number of ether oxygens (including phenoxy) is 2. The molecule has 1 N–H and O–H groups in total. The van der Waals surface area contributed by atoms with Gasteiger partial charge < -0.3 is 14.8 Å². The molecular weight excluding hydrogens is 238 g/mol. The van der Waals surface area contributed by atoms with Gasteiger partial charge in [0.25, 0.3) is 0 Å². The molecular formula is C12H17NO3S. The van der Waals surface area contributed by atoms with Crippen LogP contribution in [-0.4, -0.2) is 31.9 Å². The van der Waals surface area contributed by atoms with Gasteiger partial charge in [-0.1, -0.05) is 12.1 Å². The lowest BCUT2D eigenvalue weighted by Crippen LogP contribution is -2.29. The Kier molecular flexibility index (Phi) is 6.50. The third kappa shape index (κ3) is 5.60. The van der Waals surface area contributed by atoms with Gasteiger partial charge in [0.1, 0.15) is 12.4 Å². The Morgan fingerprint density at radius 1 is 1.47 bits per heavy atom. The largest absolute Gasteiger partial charge is 0.497 e. The van der Waals surface area contributed by atoms with Crippen molar-refractivity contribution in [3.63, 3.8) is 0 Å². The average molecular weight is 255 g/mol. The van der Waals surface area contributed by atoms with E-state index in [0.717, 1.165) is 11.3 Å². The normalized spacial score (nSPS) is 10.0. The number of carbonyl (C=O) groups excluding carboxylic acids is 1. The van der Waals surface area contributed by atoms with Crippen LogP contribution in [-0.2, 0) is 16.1 Å². The molecule has 0 aliphatic carbocycles. The summed E-state index contributed by atoms with van der Waals surface area (Å²) in [6, 6.07) is 7.56. The van der Waals surface area contributed by atoms with Crippen molar-refractivity contribution in [3.05, 3.63) is 29.8 Å². The first kappa shape index (κ1) is 13.9. The lowest BCUT2D eigenvalue weighted by molar-refractivity contribution is -0.125. The third-order valence-electron chi connectivity index (χ3n) is 2.07. The maximum Gasteiger partial charge on any atom is 0.246 e. The van der Waals surface area contributed by atoms with Crippen LogP contribution in [0.5, 0.6) is 5.75 Å². The van der Waals surface area contributed by atoms with Crippen molar-refractivity contribution in [2.75, 3.05) is 26.0 Å². The molecule has 1 aromatic rings. The zero-order chi connectivity index (χ0) is 12.5. The molecule has 0 aliphatic heterocycles. The summed E-state index contributed by atoms with van der Waals surface area (Å²) in [4.78, 5) is 11.2. The fourth-order valence-corrected chi connectivity index (χ4v) is 1.38. The zero-order valence-corrected chi connectivity index (χ0v) is 10.7. The van der Waals surface area contributed by atoms with Crippen LogP contribution < -0.4 is 10.1 Å². The molecule has 1 aromatic carbocycles. The Morgan fingerprint density at radius 2 is 2.29 bits per heavy atom. The molecule has 0 aliphatic rings. The van der Waals surface area contributed by atoms with E-state index in [0.29, 0.717) is 18.9 Å². The van der Waals surface area contributed by atoms with Gasteiger partial charge in [-0.3, -0.25) is 4.79 Å².